The molecule has 1 aliphatic carbocycles. The van der Waals surface area contributed by atoms with E-state index in [1.165, 1.54) is 11.1 Å². The molecule has 2 fully saturated rings. The minimum Gasteiger partial charge on any atom is -0.381 e. The van der Waals surface area contributed by atoms with Gasteiger partial charge in [-0.05, 0) is 56.2 Å². The van der Waals surface area contributed by atoms with Crippen molar-refractivity contribution in [2.45, 2.75) is 44.4 Å². The van der Waals surface area contributed by atoms with E-state index in [1.54, 1.807) is 0 Å². The SMILES string of the molecule is Cc1ccccc1C1(CNC(=O)[C@@H]2CCC[C@@H]2CN)CCOCC1.Cl. The van der Waals surface area contributed by atoms with E-state index in [0.717, 1.165) is 45.3 Å². The third kappa shape index (κ3) is 4.36. The molecule has 3 rings (SSSR count). The molecule has 0 spiro atoms. The number of hydrogen-bond donors (Lipinski definition) is 2. The Bertz CT molecular complexity index is 573. The van der Waals surface area contributed by atoms with Gasteiger partial charge in [0.15, 0.2) is 0 Å². The first-order chi connectivity index (χ1) is 11.7. The van der Waals surface area contributed by atoms with E-state index in [4.69, 9.17) is 10.5 Å². The van der Waals surface area contributed by atoms with E-state index in [9.17, 15) is 4.79 Å². The third-order valence-electron chi connectivity index (χ3n) is 6.07. The van der Waals surface area contributed by atoms with Crippen molar-refractivity contribution in [3.05, 3.63) is 35.4 Å². The highest BCUT2D eigenvalue weighted by atomic mass is 35.5. The van der Waals surface area contributed by atoms with E-state index >= 15 is 0 Å². The Morgan fingerprint density at radius 3 is 2.68 bits per heavy atom. The van der Waals surface area contributed by atoms with Crippen molar-refractivity contribution in [3.63, 3.8) is 0 Å². The Kier molecular flexibility index (Phi) is 7.29. The van der Waals surface area contributed by atoms with Crippen molar-refractivity contribution >= 4 is 18.3 Å². The predicted octanol–water partition coefficient (Wildman–Crippen LogP) is 2.96. The van der Waals surface area contributed by atoms with E-state index in [1.807, 2.05) is 0 Å². The molecule has 0 bridgehead atoms. The predicted molar refractivity (Wildman–Crippen MR) is 103 cm³/mol. The monoisotopic (exact) mass is 366 g/mol. The van der Waals surface area contributed by atoms with Gasteiger partial charge in [-0.1, -0.05) is 30.7 Å². The lowest BCUT2D eigenvalue weighted by Crippen LogP contribution is -2.47. The molecule has 4 nitrogen and oxygen atoms in total. The smallest absolute Gasteiger partial charge is 0.223 e. The summed E-state index contributed by atoms with van der Waals surface area (Å²) in [4.78, 5) is 12.7. The number of benzene rings is 1. The van der Waals surface area contributed by atoms with Gasteiger partial charge in [0.1, 0.15) is 0 Å². The van der Waals surface area contributed by atoms with Gasteiger partial charge in [0.25, 0.3) is 0 Å². The first kappa shape index (κ1) is 20.2. The van der Waals surface area contributed by atoms with E-state index < -0.39 is 0 Å². The molecule has 1 aliphatic heterocycles. The number of carbonyl (C=O) groups excluding carboxylic acids is 1. The highest BCUT2D eigenvalue weighted by Crippen LogP contribution is 2.37. The summed E-state index contributed by atoms with van der Waals surface area (Å²) in [6.07, 6.45) is 5.11. The largest absolute Gasteiger partial charge is 0.381 e. The molecule has 0 radical (unpaired) electrons. The van der Waals surface area contributed by atoms with Gasteiger partial charge in [-0.3, -0.25) is 4.79 Å². The lowest BCUT2D eigenvalue weighted by molar-refractivity contribution is -0.126. The van der Waals surface area contributed by atoms with E-state index in [-0.39, 0.29) is 29.6 Å². The van der Waals surface area contributed by atoms with Gasteiger partial charge in [0.2, 0.25) is 5.91 Å². The first-order valence-electron chi connectivity index (χ1n) is 9.28. The molecule has 25 heavy (non-hydrogen) atoms. The lowest BCUT2D eigenvalue weighted by atomic mass is 9.72. The minimum absolute atomic E-state index is 0. The van der Waals surface area contributed by atoms with Crippen LogP contribution in [-0.2, 0) is 14.9 Å². The molecule has 3 N–H and O–H groups in total. The number of hydrogen-bond acceptors (Lipinski definition) is 3. The summed E-state index contributed by atoms with van der Waals surface area (Å²) in [6, 6.07) is 8.55. The van der Waals surface area contributed by atoms with Crippen molar-refractivity contribution in [1.29, 1.82) is 0 Å². The summed E-state index contributed by atoms with van der Waals surface area (Å²) >= 11 is 0. The van der Waals surface area contributed by atoms with Crippen LogP contribution in [-0.4, -0.2) is 32.2 Å². The molecule has 1 amide bonds. The molecule has 0 aromatic heterocycles. The van der Waals surface area contributed by atoms with Crippen molar-refractivity contribution in [1.82, 2.24) is 5.32 Å². The Morgan fingerprint density at radius 1 is 1.28 bits per heavy atom. The van der Waals surface area contributed by atoms with Gasteiger partial charge < -0.3 is 15.8 Å². The molecule has 0 unspecified atom stereocenters. The number of ether oxygens (including phenoxy) is 1. The van der Waals surface area contributed by atoms with Crippen LogP contribution in [0.4, 0.5) is 0 Å². The summed E-state index contributed by atoms with van der Waals surface area (Å²) in [7, 11) is 0. The summed E-state index contributed by atoms with van der Waals surface area (Å²) in [5.74, 6) is 0.653. The Labute approximate surface area is 157 Å². The quantitative estimate of drug-likeness (QED) is 0.842. The first-order valence-corrected chi connectivity index (χ1v) is 9.28. The number of rotatable bonds is 5. The summed E-state index contributed by atoms with van der Waals surface area (Å²) in [6.45, 7) is 5.01. The van der Waals surface area contributed by atoms with Crippen molar-refractivity contribution in [2.24, 2.45) is 17.6 Å². The molecule has 1 heterocycles. The summed E-state index contributed by atoms with van der Waals surface area (Å²) in [5, 5.41) is 3.28. The van der Waals surface area contributed by atoms with Gasteiger partial charge in [-0.2, -0.15) is 0 Å². The van der Waals surface area contributed by atoms with Gasteiger partial charge >= 0.3 is 0 Å². The van der Waals surface area contributed by atoms with Gasteiger partial charge in [-0.15, -0.1) is 12.4 Å². The standard InChI is InChI=1S/C20H30N2O2.ClH/c1-15-5-2-3-8-18(15)20(9-11-24-12-10-20)14-22-19(23)17-7-4-6-16(17)13-21;/h2-3,5,8,16-17H,4,6-7,9-14,21H2,1H3,(H,22,23);1H/t16-,17-;/m1./s1. The Hall–Kier alpha value is -1.10. The molecule has 5 heteroatoms. The summed E-state index contributed by atoms with van der Waals surface area (Å²) in [5.41, 5.74) is 8.49. The summed E-state index contributed by atoms with van der Waals surface area (Å²) < 4.78 is 5.60. The molecule has 1 saturated carbocycles. The van der Waals surface area contributed by atoms with Crippen molar-refractivity contribution in [3.8, 4) is 0 Å². The van der Waals surface area contributed by atoms with Gasteiger partial charge in [-0.25, -0.2) is 0 Å². The molecule has 2 atom stereocenters. The van der Waals surface area contributed by atoms with Crippen LogP contribution in [0.2, 0.25) is 0 Å². The highest BCUT2D eigenvalue weighted by molar-refractivity contribution is 5.85. The van der Waals surface area contributed by atoms with E-state index in [0.29, 0.717) is 19.0 Å². The van der Waals surface area contributed by atoms with Crippen LogP contribution in [0, 0.1) is 18.8 Å². The third-order valence-corrected chi connectivity index (χ3v) is 6.07. The van der Waals surface area contributed by atoms with Crippen molar-refractivity contribution < 1.29 is 9.53 Å². The number of carbonyl (C=O) groups is 1. The maximum atomic E-state index is 12.7. The molecular formula is C20H31ClN2O2. The highest BCUT2D eigenvalue weighted by Gasteiger charge is 2.38. The second-order valence-electron chi connectivity index (χ2n) is 7.46. The maximum Gasteiger partial charge on any atom is 0.223 e. The van der Waals surface area contributed by atoms with Gasteiger partial charge in [0, 0.05) is 31.1 Å². The molecule has 1 aromatic rings. The average molecular weight is 367 g/mol. The average Bonchev–Trinajstić information content (AvgIpc) is 3.10. The van der Waals surface area contributed by atoms with Crippen molar-refractivity contribution in [2.75, 3.05) is 26.3 Å². The molecule has 1 saturated heterocycles. The van der Waals surface area contributed by atoms with E-state index in [2.05, 4.69) is 36.5 Å². The number of amides is 1. The molecule has 140 valence electrons. The normalized spacial score (nSPS) is 25.2. The zero-order chi connectivity index (χ0) is 17.0. The minimum atomic E-state index is -0.00390. The number of aryl methyl sites for hydroxylation is 1. The molecule has 2 aliphatic rings. The second kappa shape index (κ2) is 9.02. The van der Waals surface area contributed by atoms with Crippen LogP contribution < -0.4 is 11.1 Å². The number of nitrogens with one attached hydrogen (secondary N) is 1. The number of nitrogens with two attached hydrogens (primary N) is 1. The van der Waals surface area contributed by atoms with Crippen LogP contribution >= 0.6 is 12.4 Å². The number of halogens is 1. The second-order valence-corrected chi connectivity index (χ2v) is 7.46. The van der Waals surface area contributed by atoms with Gasteiger partial charge in [0.05, 0.1) is 0 Å². The van der Waals surface area contributed by atoms with Crippen LogP contribution in [0.5, 0.6) is 0 Å². The van der Waals surface area contributed by atoms with Crippen LogP contribution in [0.1, 0.15) is 43.2 Å². The zero-order valence-corrected chi connectivity index (χ0v) is 15.9. The maximum absolute atomic E-state index is 12.7. The molecular weight excluding hydrogens is 336 g/mol. The molecule has 1 aromatic carbocycles. The van der Waals surface area contributed by atoms with Crippen LogP contribution in [0.15, 0.2) is 24.3 Å². The van der Waals surface area contributed by atoms with Crippen LogP contribution in [0.3, 0.4) is 0 Å². The Balaban J connectivity index is 0.00000225. The topological polar surface area (TPSA) is 64.4 Å². The van der Waals surface area contributed by atoms with Crippen LogP contribution in [0.25, 0.3) is 0 Å². The fourth-order valence-electron chi connectivity index (χ4n) is 4.52. The zero-order valence-electron chi connectivity index (χ0n) is 15.1. The lowest BCUT2D eigenvalue weighted by Gasteiger charge is -2.39. The fraction of sp³-hybridized carbons (Fsp3) is 0.650. The fourth-order valence-corrected chi connectivity index (χ4v) is 4.52. The Morgan fingerprint density at radius 2 is 2.00 bits per heavy atom.